The lowest BCUT2D eigenvalue weighted by molar-refractivity contribution is 0.444. The maximum Gasteiger partial charge on any atom is 0.128 e. The van der Waals surface area contributed by atoms with E-state index in [1.807, 2.05) is 6.21 Å². The van der Waals surface area contributed by atoms with E-state index < -0.39 is 0 Å². The highest BCUT2D eigenvalue weighted by Gasteiger charge is 2.25. The average Bonchev–Trinajstić information content (AvgIpc) is 3.13. The number of hydrogen-bond donors (Lipinski definition) is 1. The fraction of sp³-hybridized carbons (Fsp3) is 0.500. The molecule has 0 spiro atoms. The monoisotopic (exact) mass is 377 g/mol. The Kier molecular flexibility index (Phi) is 5.70. The molecule has 0 aromatic heterocycles. The van der Waals surface area contributed by atoms with Gasteiger partial charge in [0.1, 0.15) is 5.75 Å². The Labute approximate surface area is 170 Å². The molecule has 2 nitrogen and oxygen atoms in total. The van der Waals surface area contributed by atoms with Gasteiger partial charge in [0, 0.05) is 17.3 Å². The van der Waals surface area contributed by atoms with Gasteiger partial charge in [0.15, 0.2) is 0 Å². The standard InChI is InChI=1S/C26H35NO/c1-25(2,3)20-15-19(24(28)22(16-20)26(4,5)6)17-27-23-14-10-9-13-21(23)18-11-7-8-12-18/h9-10,13-18,28H,7-8,11-12H2,1-6H3. The molecule has 0 amide bonds. The van der Waals surface area contributed by atoms with Crippen molar-refractivity contribution in [2.45, 2.75) is 84.0 Å². The van der Waals surface area contributed by atoms with Gasteiger partial charge in [-0.25, -0.2) is 0 Å². The lowest BCUT2D eigenvalue weighted by atomic mass is 9.79. The maximum atomic E-state index is 11.0. The summed E-state index contributed by atoms with van der Waals surface area (Å²) in [6.07, 6.45) is 6.99. The molecule has 0 atom stereocenters. The zero-order chi connectivity index (χ0) is 20.5. The molecular formula is C26H35NO. The van der Waals surface area contributed by atoms with Crippen LogP contribution in [0.5, 0.6) is 5.75 Å². The minimum atomic E-state index is -0.129. The van der Waals surface area contributed by atoms with Crippen molar-refractivity contribution in [3.05, 3.63) is 58.7 Å². The Balaban J connectivity index is 2.05. The second kappa shape index (κ2) is 7.73. The van der Waals surface area contributed by atoms with Crippen molar-refractivity contribution >= 4 is 11.9 Å². The number of para-hydroxylation sites is 1. The first-order chi connectivity index (χ1) is 13.1. The van der Waals surface area contributed by atoms with E-state index in [-0.39, 0.29) is 10.8 Å². The molecule has 1 N–H and O–H groups in total. The zero-order valence-electron chi connectivity index (χ0n) is 18.3. The third-order valence-corrected chi connectivity index (χ3v) is 5.89. The molecule has 28 heavy (non-hydrogen) atoms. The second-order valence-electron chi connectivity index (χ2n) is 10.3. The largest absolute Gasteiger partial charge is 0.507 e. The van der Waals surface area contributed by atoms with Crippen molar-refractivity contribution in [1.82, 2.24) is 0 Å². The van der Waals surface area contributed by atoms with Gasteiger partial charge < -0.3 is 5.11 Å². The molecule has 0 bridgehead atoms. The lowest BCUT2D eigenvalue weighted by Gasteiger charge is -2.27. The molecule has 0 unspecified atom stereocenters. The highest BCUT2D eigenvalue weighted by atomic mass is 16.3. The summed E-state index contributed by atoms with van der Waals surface area (Å²) < 4.78 is 0. The van der Waals surface area contributed by atoms with Crippen LogP contribution in [-0.4, -0.2) is 11.3 Å². The topological polar surface area (TPSA) is 32.6 Å². The van der Waals surface area contributed by atoms with Crippen LogP contribution in [0.1, 0.15) is 95.4 Å². The summed E-state index contributed by atoms with van der Waals surface area (Å²) in [6, 6.07) is 12.7. The van der Waals surface area contributed by atoms with Crippen LogP contribution >= 0.6 is 0 Å². The minimum absolute atomic E-state index is 0.0119. The van der Waals surface area contributed by atoms with Crippen LogP contribution in [0.3, 0.4) is 0 Å². The highest BCUT2D eigenvalue weighted by Crippen LogP contribution is 2.40. The molecule has 0 heterocycles. The van der Waals surface area contributed by atoms with Crippen molar-refractivity contribution < 1.29 is 5.11 Å². The van der Waals surface area contributed by atoms with Gasteiger partial charge in [-0.15, -0.1) is 0 Å². The Morgan fingerprint density at radius 3 is 2.18 bits per heavy atom. The zero-order valence-corrected chi connectivity index (χ0v) is 18.3. The second-order valence-corrected chi connectivity index (χ2v) is 10.3. The van der Waals surface area contributed by atoms with E-state index in [0.29, 0.717) is 11.7 Å². The molecule has 1 aliphatic carbocycles. The Hall–Kier alpha value is -2.09. The van der Waals surface area contributed by atoms with Crippen LogP contribution in [0.4, 0.5) is 5.69 Å². The number of aliphatic imine (C=N–C) groups is 1. The summed E-state index contributed by atoms with van der Waals surface area (Å²) >= 11 is 0. The predicted molar refractivity (Wildman–Crippen MR) is 120 cm³/mol. The fourth-order valence-corrected chi connectivity index (χ4v) is 4.09. The van der Waals surface area contributed by atoms with Gasteiger partial charge >= 0.3 is 0 Å². The highest BCUT2D eigenvalue weighted by molar-refractivity contribution is 5.87. The van der Waals surface area contributed by atoms with Gasteiger partial charge in [-0.3, -0.25) is 4.99 Å². The third-order valence-electron chi connectivity index (χ3n) is 5.89. The predicted octanol–water partition coefficient (Wildman–Crippen LogP) is 7.40. The number of nitrogens with zero attached hydrogens (tertiary/aromatic N) is 1. The van der Waals surface area contributed by atoms with Gasteiger partial charge in [0.05, 0.1) is 5.69 Å². The van der Waals surface area contributed by atoms with Gasteiger partial charge in [-0.1, -0.05) is 78.6 Å². The van der Waals surface area contributed by atoms with E-state index >= 15 is 0 Å². The Morgan fingerprint density at radius 2 is 1.57 bits per heavy atom. The van der Waals surface area contributed by atoms with E-state index in [4.69, 9.17) is 4.99 Å². The number of phenolic OH excluding ortho intramolecular Hbond substituents is 1. The van der Waals surface area contributed by atoms with Gasteiger partial charge in [-0.05, 0) is 52.8 Å². The molecule has 1 aliphatic rings. The van der Waals surface area contributed by atoms with Crippen LogP contribution in [0.2, 0.25) is 0 Å². The Bertz CT molecular complexity index is 859. The molecule has 2 aromatic carbocycles. The normalized spacial score (nSPS) is 16.2. The molecule has 3 rings (SSSR count). The average molecular weight is 378 g/mol. The molecule has 0 saturated heterocycles. The molecule has 2 aromatic rings. The van der Waals surface area contributed by atoms with Crippen LogP contribution in [0.25, 0.3) is 0 Å². The number of aromatic hydroxyl groups is 1. The number of phenols is 1. The fourth-order valence-electron chi connectivity index (χ4n) is 4.09. The summed E-state index contributed by atoms with van der Waals surface area (Å²) in [5.41, 5.74) is 5.27. The summed E-state index contributed by atoms with van der Waals surface area (Å²) in [5.74, 6) is 0.968. The first-order valence-electron chi connectivity index (χ1n) is 10.6. The van der Waals surface area contributed by atoms with E-state index in [9.17, 15) is 5.11 Å². The summed E-state index contributed by atoms with van der Waals surface area (Å²) in [7, 11) is 0. The van der Waals surface area contributed by atoms with E-state index in [0.717, 1.165) is 16.8 Å². The number of benzene rings is 2. The molecule has 2 heteroatoms. The molecule has 1 saturated carbocycles. The lowest BCUT2D eigenvalue weighted by Crippen LogP contribution is -2.17. The number of rotatable bonds is 3. The van der Waals surface area contributed by atoms with Crippen LogP contribution < -0.4 is 0 Å². The first kappa shape index (κ1) is 20.6. The minimum Gasteiger partial charge on any atom is -0.507 e. The van der Waals surface area contributed by atoms with Gasteiger partial charge in [-0.2, -0.15) is 0 Å². The van der Waals surface area contributed by atoms with Crippen LogP contribution in [-0.2, 0) is 10.8 Å². The summed E-state index contributed by atoms with van der Waals surface area (Å²) in [5, 5.41) is 11.0. The smallest absolute Gasteiger partial charge is 0.128 e. The number of hydrogen-bond acceptors (Lipinski definition) is 2. The SMILES string of the molecule is CC(C)(C)c1cc(C=Nc2ccccc2C2CCCC2)c(O)c(C(C)(C)C)c1. The molecule has 0 radical (unpaired) electrons. The van der Waals surface area contributed by atoms with Gasteiger partial charge in [0.2, 0.25) is 0 Å². The van der Waals surface area contributed by atoms with E-state index in [1.54, 1.807) is 0 Å². The molecule has 0 aliphatic heterocycles. The van der Waals surface area contributed by atoms with Gasteiger partial charge in [0.25, 0.3) is 0 Å². The van der Waals surface area contributed by atoms with Crippen molar-refractivity contribution in [3.63, 3.8) is 0 Å². The molecule has 1 fully saturated rings. The summed E-state index contributed by atoms with van der Waals surface area (Å²) in [6.45, 7) is 13.1. The van der Waals surface area contributed by atoms with Crippen molar-refractivity contribution in [2.24, 2.45) is 4.99 Å². The van der Waals surface area contributed by atoms with Crippen molar-refractivity contribution in [3.8, 4) is 5.75 Å². The van der Waals surface area contributed by atoms with Crippen LogP contribution in [0.15, 0.2) is 41.4 Å². The van der Waals surface area contributed by atoms with Crippen LogP contribution in [0, 0.1) is 0 Å². The Morgan fingerprint density at radius 1 is 0.929 bits per heavy atom. The first-order valence-corrected chi connectivity index (χ1v) is 10.6. The molecule has 150 valence electrons. The summed E-state index contributed by atoms with van der Waals surface area (Å²) in [4.78, 5) is 4.84. The molecular weight excluding hydrogens is 342 g/mol. The van der Waals surface area contributed by atoms with E-state index in [2.05, 4.69) is 77.9 Å². The van der Waals surface area contributed by atoms with E-state index in [1.165, 1.54) is 36.8 Å². The van der Waals surface area contributed by atoms with Crippen molar-refractivity contribution in [1.29, 1.82) is 0 Å². The quantitative estimate of drug-likeness (QED) is 0.555. The maximum absolute atomic E-state index is 11.0. The third kappa shape index (κ3) is 4.48. The van der Waals surface area contributed by atoms with Crippen molar-refractivity contribution in [2.75, 3.05) is 0 Å².